The number of hydrogen-bond acceptors (Lipinski definition) is 3. The fourth-order valence-corrected chi connectivity index (χ4v) is 3.00. The Kier molecular flexibility index (Phi) is 6.29. The van der Waals surface area contributed by atoms with E-state index in [2.05, 4.69) is 5.32 Å². The zero-order valence-corrected chi connectivity index (χ0v) is 16.8. The summed E-state index contributed by atoms with van der Waals surface area (Å²) >= 11 is 0. The first-order valence-electron chi connectivity index (χ1n) is 9.42. The van der Waals surface area contributed by atoms with Gasteiger partial charge in [-0.05, 0) is 55.3 Å². The van der Waals surface area contributed by atoms with E-state index in [1.54, 1.807) is 12.1 Å². The third-order valence-electron chi connectivity index (χ3n) is 4.68. The number of carbonyl (C=O) groups excluding carboxylic acids is 2. The molecule has 0 spiro atoms. The second-order valence-corrected chi connectivity index (χ2v) is 6.78. The van der Waals surface area contributed by atoms with Crippen LogP contribution in [0.3, 0.4) is 0 Å². The maximum absolute atomic E-state index is 12.7. The molecule has 0 saturated heterocycles. The molecule has 3 aromatic carbocycles. The van der Waals surface area contributed by atoms with Crippen molar-refractivity contribution in [1.82, 2.24) is 0 Å². The molecule has 3 rings (SSSR count). The number of amides is 2. The van der Waals surface area contributed by atoms with E-state index in [0.29, 0.717) is 17.2 Å². The quantitative estimate of drug-likeness (QED) is 0.640. The summed E-state index contributed by atoms with van der Waals surface area (Å²) in [4.78, 5) is 26.5. The highest BCUT2D eigenvalue weighted by atomic mass is 16.5. The molecule has 0 saturated carbocycles. The van der Waals surface area contributed by atoms with Gasteiger partial charge in [0.15, 0.2) is 5.75 Å². The molecule has 0 aliphatic carbocycles. The molecule has 5 nitrogen and oxygen atoms in total. The second kappa shape index (κ2) is 9.06. The van der Waals surface area contributed by atoms with Crippen molar-refractivity contribution in [2.24, 2.45) is 0 Å². The van der Waals surface area contributed by atoms with Gasteiger partial charge in [-0.1, -0.05) is 42.5 Å². The van der Waals surface area contributed by atoms with E-state index in [0.717, 1.165) is 16.8 Å². The Labute approximate surface area is 170 Å². The summed E-state index contributed by atoms with van der Waals surface area (Å²) in [5.41, 5.74) is 3.33. The average molecular weight is 388 g/mol. The van der Waals surface area contributed by atoms with E-state index in [-0.39, 0.29) is 18.4 Å². The molecule has 2 amide bonds. The molecule has 0 fully saturated rings. The monoisotopic (exact) mass is 388 g/mol. The van der Waals surface area contributed by atoms with Crippen LogP contribution in [0.1, 0.15) is 18.1 Å². The summed E-state index contributed by atoms with van der Waals surface area (Å²) in [5.74, 6) is 0.719. The summed E-state index contributed by atoms with van der Waals surface area (Å²) in [6.45, 7) is 5.30. The van der Waals surface area contributed by atoms with E-state index >= 15 is 0 Å². The Morgan fingerprint density at radius 1 is 0.897 bits per heavy atom. The predicted molar refractivity (Wildman–Crippen MR) is 116 cm³/mol. The summed E-state index contributed by atoms with van der Waals surface area (Å²) < 4.78 is 5.89. The van der Waals surface area contributed by atoms with E-state index in [1.165, 1.54) is 11.8 Å². The molecule has 0 aliphatic heterocycles. The van der Waals surface area contributed by atoms with Gasteiger partial charge in [-0.15, -0.1) is 0 Å². The van der Waals surface area contributed by atoms with Crippen molar-refractivity contribution >= 4 is 23.2 Å². The van der Waals surface area contributed by atoms with Crippen molar-refractivity contribution in [3.63, 3.8) is 0 Å². The lowest BCUT2D eigenvalue weighted by molar-refractivity contribution is -0.120. The van der Waals surface area contributed by atoms with Crippen LogP contribution in [0.25, 0.3) is 0 Å². The lowest BCUT2D eigenvalue weighted by Gasteiger charge is -2.23. The Bertz CT molecular complexity index is 1020. The van der Waals surface area contributed by atoms with Crippen molar-refractivity contribution in [2.75, 3.05) is 16.8 Å². The zero-order valence-electron chi connectivity index (χ0n) is 16.8. The minimum absolute atomic E-state index is 0.0840. The van der Waals surface area contributed by atoms with Crippen LogP contribution in [0.2, 0.25) is 0 Å². The summed E-state index contributed by atoms with van der Waals surface area (Å²) in [6.07, 6.45) is 0. The molecule has 0 heterocycles. The van der Waals surface area contributed by atoms with E-state index in [1.807, 2.05) is 74.5 Å². The molecule has 0 atom stereocenters. The van der Waals surface area contributed by atoms with Gasteiger partial charge in [0.1, 0.15) is 12.3 Å². The second-order valence-electron chi connectivity index (χ2n) is 6.78. The van der Waals surface area contributed by atoms with E-state index in [4.69, 9.17) is 4.74 Å². The van der Waals surface area contributed by atoms with Gasteiger partial charge in [-0.3, -0.25) is 9.59 Å². The highest BCUT2D eigenvalue weighted by Crippen LogP contribution is 2.29. The highest BCUT2D eigenvalue weighted by molar-refractivity contribution is 6.02. The van der Waals surface area contributed by atoms with Crippen LogP contribution in [-0.4, -0.2) is 18.4 Å². The summed E-state index contributed by atoms with van der Waals surface area (Å²) in [5, 5.41) is 2.86. The molecule has 0 aliphatic rings. The Hall–Kier alpha value is -3.60. The number of nitrogens with one attached hydrogen (secondary N) is 1. The van der Waals surface area contributed by atoms with Gasteiger partial charge >= 0.3 is 0 Å². The number of carbonyl (C=O) groups is 2. The lowest BCUT2D eigenvalue weighted by Crippen LogP contribution is -2.37. The van der Waals surface area contributed by atoms with Gasteiger partial charge in [-0.2, -0.15) is 0 Å². The van der Waals surface area contributed by atoms with Crippen molar-refractivity contribution in [3.8, 4) is 11.5 Å². The molecule has 0 radical (unpaired) electrons. The molecular weight excluding hydrogens is 364 g/mol. The Morgan fingerprint density at radius 2 is 1.59 bits per heavy atom. The third kappa shape index (κ3) is 5.02. The highest BCUT2D eigenvalue weighted by Gasteiger charge is 2.19. The molecule has 148 valence electrons. The van der Waals surface area contributed by atoms with Crippen LogP contribution in [0.15, 0.2) is 72.8 Å². The van der Waals surface area contributed by atoms with Crippen molar-refractivity contribution in [2.45, 2.75) is 20.8 Å². The van der Waals surface area contributed by atoms with Crippen molar-refractivity contribution < 1.29 is 14.3 Å². The molecule has 3 aromatic rings. The lowest BCUT2D eigenvalue weighted by atomic mass is 10.1. The predicted octanol–water partition coefficient (Wildman–Crippen LogP) is 5.09. The van der Waals surface area contributed by atoms with Crippen molar-refractivity contribution in [1.29, 1.82) is 0 Å². The number of benzene rings is 3. The zero-order chi connectivity index (χ0) is 20.8. The topological polar surface area (TPSA) is 58.6 Å². The number of para-hydroxylation sites is 3. The minimum atomic E-state index is -0.301. The Balaban J connectivity index is 1.78. The SMILES string of the molecule is CC(=O)N(CC(=O)Nc1ccccc1Oc1ccccc1)c1cccc(C)c1C. The summed E-state index contributed by atoms with van der Waals surface area (Å²) in [7, 11) is 0. The normalized spacial score (nSPS) is 10.3. The van der Waals surface area contributed by atoms with Gasteiger partial charge in [-0.25, -0.2) is 0 Å². The van der Waals surface area contributed by atoms with Crippen molar-refractivity contribution in [3.05, 3.63) is 83.9 Å². The molecule has 29 heavy (non-hydrogen) atoms. The van der Waals surface area contributed by atoms with Gasteiger partial charge in [0, 0.05) is 12.6 Å². The number of hydrogen-bond donors (Lipinski definition) is 1. The first-order valence-corrected chi connectivity index (χ1v) is 9.42. The molecule has 0 unspecified atom stereocenters. The number of anilines is 2. The first kappa shape index (κ1) is 20.1. The number of aryl methyl sites for hydroxylation is 1. The maximum atomic E-state index is 12.7. The van der Waals surface area contributed by atoms with Crippen LogP contribution >= 0.6 is 0 Å². The van der Waals surface area contributed by atoms with Gasteiger partial charge in [0.05, 0.1) is 5.69 Å². The maximum Gasteiger partial charge on any atom is 0.244 e. The van der Waals surface area contributed by atoms with E-state index in [9.17, 15) is 9.59 Å². The molecule has 5 heteroatoms. The van der Waals surface area contributed by atoms with Gasteiger partial charge in [0.25, 0.3) is 0 Å². The van der Waals surface area contributed by atoms with Crippen LogP contribution in [0.5, 0.6) is 11.5 Å². The van der Waals surface area contributed by atoms with E-state index < -0.39 is 0 Å². The molecular formula is C24H24N2O3. The smallest absolute Gasteiger partial charge is 0.244 e. The Morgan fingerprint density at radius 3 is 2.31 bits per heavy atom. The van der Waals surface area contributed by atoms with Gasteiger partial charge < -0.3 is 15.0 Å². The van der Waals surface area contributed by atoms with Crippen LogP contribution < -0.4 is 15.0 Å². The van der Waals surface area contributed by atoms with Crippen LogP contribution in [-0.2, 0) is 9.59 Å². The van der Waals surface area contributed by atoms with Crippen LogP contribution in [0.4, 0.5) is 11.4 Å². The molecule has 0 aromatic heterocycles. The molecule has 0 bridgehead atoms. The number of nitrogens with zero attached hydrogens (tertiary/aromatic N) is 1. The fourth-order valence-electron chi connectivity index (χ4n) is 3.00. The molecule has 1 N–H and O–H groups in total. The number of ether oxygens (including phenoxy) is 1. The largest absolute Gasteiger partial charge is 0.455 e. The fraction of sp³-hybridized carbons (Fsp3) is 0.167. The van der Waals surface area contributed by atoms with Crippen LogP contribution in [0, 0.1) is 13.8 Å². The number of rotatable bonds is 6. The van der Waals surface area contributed by atoms with Gasteiger partial charge in [0.2, 0.25) is 11.8 Å². The first-order chi connectivity index (χ1) is 14.0. The third-order valence-corrected chi connectivity index (χ3v) is 4.68. The average Bonchev–Trinajstić information content (AvgIpc) is 2.71. The standard InChI is InChI=1S/C24H24N2O3/c1-17-10-9-14-22(18(17)2)26(19(3)27)16-24(28)25-21-13-7-8-15-23(21)29-20-11-5-4-6-12-20/h4-15H,16H2,1-3H3,(H,25,28). The summed E-state index contributed by atoms with van der Waals surface area (Å²) in [6, 6.07) is 22.3. The minimum Gasteiger partial charge on any atom is -0.455 e.